The van der Waals surface area contributed by atoms with Gasteiger partial charge >= 0.3 is 12.0 Å². The molecule has 2 rings (SSSR count). The molecular weight excluding hydrogens is 454 g/mol. The number of hydrogen-bond acceptors (Lipinski definition) is 6. The van der Waals surface area contributed by atoms with Crippen molar-refractivity contribution in [1.82, 2.24) is 16.0 Å². The molecule has 0 aliphatic carbocycles. The molecule has 12 nitrogen and oxygen atoms in total. The maximum absolute atomic E-state index is 12.9. The molecule has 2 atom stereocenters. The molecule has 35 heavy (non-hydrogen) atoms. The number of carboxylic acids is 1. The predicted octanol–water partition coefficient (Wildman–Crippen LogP) is 1.93. The van der Waals surface area contributed by atoms with E-state index in [1.807, 2.05) is 6.07 Å². The SMILES string of the molecule is COc1ccc(/N=N/C(=O)NC(Cc2ccccc2)C(=O)NC(CCCNC(=N)N)C(=O)O)cc1. The fourth-order valence-electron chi connectivity index (χ4n) is 3.05. The van der Waals surface area contributed by atoms with Crippen molar-refractivity contribution in [2.45, 2.75) is 31.3 Å². The first kappa shape index (κ1) is 26.8. The topological polar surface area (TPSA) is 191 Å². The van der Waals surface area contributed by atoms with E-state index in [0.29, 0.717) is 17.9 Å². The summed E-state index contributed by atoms with van der Waals surface area (Å²) < 4.78 is 5.06. The van der Waals surface area contributed by atoms with Crippen molar-refractivity contribution in [3.8, 4) is 5.75 Å². The summed E-state index contributed by atoms with van der Waals surface area (Å²) in [5.41, 5.74) is 6.38. The number of nitrogens with one attached hydrogen (secondary N) is 4. The van der Waals surface area contributed by atoms with Gasteiger partial charge in [0.15, 0.2) is 5.96 Å². The van der Waals surface area contributed by atoms with Crippen molar-refractivity contribution >= 4 is 29.6 Å². The Morgan fingerprint density at radius 1 is 1.06 bits per heavy atom. The van der Waals surface area contributed by atoms with Crippen LogP contribution in [0.25, 0.3) is 0 Å². The number of guanidine groups is 1. The molecule has 0 aliphatic rings. The molecule has 12 heteroatoms. The highest BCUT2D eigenvalue weighted by Crippen LogP contribution is 2.18. The molecule has 0 radical (unpaired) electrons. The molecule has 7 N–H and O–H groups in total. The Hall–Kier alpha value is -4.48. The molecule has 0 aromatic heterocycles. The van der Waals surface area contributed by atoms with Crippen LogP contribution in [0.3, 0.4) is 0 Å². The zero-order valence-electron chi connectivity index (χ0n) is 19.2. The van der Waals surface area contributed by atoms with Crippen LogP contribution in [0.5, 0.6) is 5.75 Å². The lowest BCUT2D eigenvalue weighted by Gasteiger charge is -2.21. The number of amides is 3. The van der Waals surface area contributed by atoms with Crippen LogP contribution < -0.4 is 26.4 Å². The Balaban J connectivity index is 2.07. The van der Waals surface area contributed by atoms with Crippen molar-refractivity contribution < 1.29 is 24.2 Å². The second kappa shape index (κ2) is 13.9. The fraction of sp³-hybridized carbons (Fsp3) is 0.304. The fourth-order valence-corrected chi connectivity index (χ4v) is 3.05. The second-order valence-corrected chi connectivity index (χ2v) is 7.47. The predicted molar refractivity (Wildman–Crippen MR) is 129 cm³/mol. The average molecular weight is 484 g/mol. The highest BCUT2D eigenvalue weighted by atomic mass is 16.5. The number of hydrogen-bond donors (Lipinski definition) is 6. The summed E-state index contributed by atoms with van der Waals surface area (Å²) in [5.74, 6) is -1.49. The van der Waals surface area contributed by atoms with E-state index in [1.54, 1.807) is 48.5 Å². The molecular formula is C23H29N7O5. The maximum atomic E-state index is 12.9. The van der Waals surface area contributed by atoms with Gasteiger partial charge in [-0.1, -0.05) is 35.4 Å². The number of nitrogens with two attached hydrogens (primary N) is 1. The van der Waals surface area contributed by atoms with E-state index >= 15 is 0 Å². The minimum absolute atomic E-state index is 0.102. The van der Waals surface area contributed by atoms with Gasteiger partial charge in [-0.25, -0.2) is 9.59 Å². The number of urea groups is 1. The number of benzene rings is 2. The van der Waals surface area contributed by atoms with Gasteiger partial charge in [0.1, 0.15) is 17.8 Å². The lowest BCUT2D eigenvalue weighted by atomic mass is 10.0. The lowest BCUT2D eigenvalue weighted by molar-refractivity contribution is -0.142. The number of azo groups is 1. The summed E-state index contributed by atoms with van der Waals surface area (Å²) in [6.45, 7) is 0.283. The van der Waals surface area contributed by atoms with Crippen LogP contribution in [0.2, 0.25) is 0 Å². The molecule has 186 valence electrons. The number of methoxy groups -OCH3 is 1. The minimum atomic E-state index is -1.22. The van der Waals surface area contributed by atoms with E-state index < -0.39 is 30.0 Å². The maximum Gasteiger partial charge on any atom is 0.360 e. The lowest BCUT2D eigenvalue weighted by Crippen LogP contribution is -2.52. The van der Waals surface area contributed by atoms with E-state index in [2.05, 4.69) is 26.2 Å². The smallest absolute Gasteiger partial charge is 0.360 e. The van der Waals surface area contributed by atoms with E-state index in [-0.39, 0.29) is 25.3 Å². The van der Waals surface area contributed by atoms with Gasteiger partial charge in [0.05, 0.1) is 12.8 Å². The molecule has 0 fully saturated rings. The van der Waals surface area contributed by atoms with Gasteiger partial charge in [-0.15, -0.1) is 5.11 Å². The van der Waals surface area contributed by atoms with Crippen LogP contribution >= 0.6 is 0 Å². The molecule has 2 aromatic rings. The summed E-state index contributed by atoms with van der Waals surface area (Å²) in [6, 6.07) is 12.4. The first-order valence-electron chi connectivity index (χ1n) is 10.8. The van der Waals surface area contributed by atoms with Crippen LogP contribution in [0.1, 0.15) is 18.4 Å². The highest BCUT2D eigenvalue weighted by molar-refractivity contribution is 5.90. The number of carboxylic acid groups (broad SMARTS) is 1. The van der Waals surface area contributed by atoms with E-state index in [4.69, 9.17) is 15.9 Å². The standard InChI is InChI=1S/C23H29N7O5/c1-35-17-11-9-16(10-12-17)29-30-23(34)28-19(14-15-6-3-2-4-7-15)20(31)27-18(21(32)33)8-5-13-26-22(24)25/h2-4,6-7,9-12,18-19H,5,8,13-14H2,1H3,(H,27,31)(H,28,34)(H,32,33)(H4,24,25,26)/b30-29+. The van der Waals surface area contributed by atoms with Gasteiger partial charge in [0.25, 0.3) is 0 Å². The summed E-state index contributed by atoms with van der Waals surface area (Å²) in [4.78, 5) is 37.0. The molecule has 0 saturated carbocycles. The zero-order chi connectivity index (χ0) is 25.6. The molecule has 2 unspecified atom stereocenters. The average Bonchev–Trinajstić information content (AvgIpc) is 2.84. The first-order chi connectivity index (χ1) is 16.8. The van der Waals surface area contributed by atoms with Crippen LogP contribution in [0, 0.1) is 5.41 Å². The van der Waals surface area contributed by atoms with Crippen molar-refractivity contribution in [3.05, 3.63) is 60.2 Å². The number of rotatable bonds is 12. The quantitative estimate of drug-likeness (QED) is 0.115. The van der Waals surface area contributed by atoms with Gasteiger partial charge in [-0.05, 0) is 42.7 Å². The molecule has 0 aliphatic heterocycles. The number of nitrogens with zero attached hydrogens (tertiary/aromatic N) is 2. The van der Waals surface area contributed by atoms with Crippen LogP contribution in [0.15, 0.2) is 64.8 Å². The monoisotopic (exact) mass is 483 g/mol. The van der Waals surface area contributed by atoms with Gasteiger partial charge in [0.2, 0.25) is 5.91 Å². The molecule has 0 saturated heterocycles. The van der Waals surface area contributed by atoms with Gasteiger partial charge in [-0.2, -0.15) is 0 Å². The molecule has 0 spiro atoms. The highest BCUT2D eigenvalue weighted by Gasteiger charge is 2.26. The molecule has 0 bridgehead atoms. The normalized spacial score (nSPS) is 12.4. The summed E-state index contributed by atoms with van der Waals surface area (Å²) in [6.07, 6.45) is 0.571. The number of carbonyl (C=O) groups excluding carboxylic acids is 2. The minimum Gasteiger partial charge on any atom is -0.497 e. The van der Waals surface area contributed by atoms with E-state index in [1.165, 1.54) is 7.11 Å². The zero-order valence-corrected chi connectivity index (χ0v) is 19.2. The molecule has 2 aromatic carbocycles. The van der Waals surface area contributed by atoms with E-state index in [9.17, 15) is 19.5 Å². The Morgan fingerprint density at radius 2 is 1.74 bits per heavy atom. The third-order valence-electron chi connectivity index (χ3n) is 4.83. The summed E-state index contributed by atoms with van der Waals surface area (Å²) >= 11 is 0. The first-order valence-corrected chi connectivity index (χ1v) is 10.8. The van der Waals surface area contributed by atoms with Crippen molar-refractivity contribution in [1.29, 1.82) is 5.41 Å². The molecule has 0 heterocycles. The van der Waals surface area contributed by atoms with Crippen LogP contribution in [0.4, 0.5) is 10.5 Å². The second-order valence-electron chi connectivity index (χ2n) is 7.47. The number of carbonyl (C=O) groups is 3. The number of aliphatic carboxylic acids is 1. The van der Waals surface area contributed by atoms with Crippen molar-refractivity contribution in [3.63, 3.8) is 0 Å². The Morgan fingerprint density at radius 3 is 2.34 bits per heavy atom. The summed E-state index contributed by atoms with van der Waals surface area (Å²) in [5, 5.41) is 31.6. The van der Waals surface area contributed by atoms with Crippen LogP contribution in [-0.2, 0) is 16.0 Å². The largest absolute Gasteiger partial charge is 0.497 e. The Labute approximate surface area is 202 Å². The van der Waals surface area contributed by atoms with Crippen molar-refractivity contribution in [2.24, 2.45) is 16.0 Å². The van der Waals surface area contributed by atoms with Crippen molar-refractivity contribution in [2.75, 3.05) is 13.7 Å². The van der Waals surface area contributed by atoms with Gasteiger partial charge < -0.3 is 31.5 Å². The Bertz CT molecular complexity index is 1030. The summed E-state index contributed by atoms with van der Waals surface area (Å²) in [7, 11) is 1.53. The van der Waals surface area contributed by atoms with E-state index in [0.717, 1.165) is 5.56 Å². The third kappa shape index (κ3) is 9.90. The third-order valence-corrected chi connectivity index (χ3v) is 4.83. The molecule has 3 amide bonds. The van der Waals surface area contributed by atoms with Gasteiger partial charge in [0, 0.05) is 13.0 Å². The van der Waals surface area contributed by atoms with Gasteiger partial charge in [-0.3, -0.25) is 10.2 Å². The Kier molecular flexibility index (Phi) is 10.7. The van der Waals surface area contributed by atoms with Crippen LogP contribution in [-0.4, -0.2) is 54.7 Å². The number of ether oxygens (including phenoxy) is 1.